The van der Waals surface area contributed by atoms with Gasteiger partial charge >= 0.3 is 0 Å². The van der Waals surface area contributed by atoms with Gasteiger partial charge in [0, 0.05) is 5.56 Å². The first-order valence-corrected chi connectivity index (χ1v) is 8.79. The van der Waals surface area contributed by atoms with Crippen LogP contribution in [0.2, 0.25) is 0 Å². The number of hydrogen-bond donors (Lipinski definition) is 2. The van der Waals surface area contributed by atoms with E-state index in [1.54, 1.807) is 0 Å². The maximum absolute atomic E-state index is 12.9. The molecule has 0 aliphatic carbocycles. The molecule has 6 nitrogen and oxygen atoms in total. The summed E-state index contributed by atoms with van der Waals surface area (Å²) in [4.78, 5) is 24.2. The second-order valence-corrected chi connectivity index (χ2v) is 6.12. The number of carbonyl (C=O) groups is 2. The third-order valence-electron chi connectivity index (χ3n) is 4.23. The van der Waals surface area contributed by atoms with E-state index in [2.05, 4.69) is 10.6 Å². The van der Waals surface area contributed by atoms with E-state index in [9.17, 15) is 14.0 Å². The highest BCUT2D eigenvalue weighted by Gasteiger charge is 2.18. The number of rotatable bonds is 6. The van der Waals surface area contributed by atoms with Gasteiger partial charge < -0.3 is 20.1 Å². The van der Waals surface area contributed by atoms with Gasteiger partial charge in [0.2, 0.25) is 5.91 Å². The van der Waals surface area contributed by atoms with E-state index in [-0.39, 0.29) is 18.5 Å². The molecule has 2 aromatic rings. The fourth-order valence-electron chi connectivity index (χ4n) is 2.81. The Morgan fingerprint density at radius 3 is 2.48 bits per heavy atom. The Bertz CT molecular complexity index is 823. The van der Waals surface area contributed by atoms with Crippen LogP contribution in [0.5, 0.6) is 11.5 Å². The molecule has 2 amide bonds. The summed E-state index contributed by atoms with van der Waals surface area (Å²) < 4.78 is 24.0. The first-order valence-electron chi connectivity index (χ1n) is 8.79. The molecular formula is C20H21FN2O4. The van der Waals surface area contributed by atoms with Gasteiger partial charge in [0.05, 0.1) is 12.6 Å². The maximum atomic E-state index is 12.9. The number of hydrogen-bond acceptors (Lipinski definition) is 4. The molecule has 27 heavy (non-hydrogen) atoms. The second kappa shape index (κ2) is 8.53. The molecule has 1 unspecified atom stereocenters. The third kappa shape index (κ3) is 4.75. The minimum absolute atomic E-state index is 0.169. The van der Waals surface area contributed by atoms with Crippen LogP contribution in [0.4, 0.5) is 4.39 Å². The van der Waals surface area contributed by atoms with E-state index in [1.807, 2.05) is 25.1 Å². The Kier molecular flexibility index (Phi) is 5.90. The average Bonchev–Trinajstić information content (AvgIpc) is 2.70. The van der Waals surface area contributed by atoms with Crippen LogP contribution >= 0.6 is 0 Å². The van der Waals surface area contributed by atoms with Crippen LogP contribution in [0.1, 0.15) is 35.3 Å². The Morgan fingerprint density at radius 1 is 1.07 bits per heavy atom. The Morgan fingerprint density at radius 2 is 1.78 bits per heavy atom. The van der Waals surface area contributed by atoms with Crippen LogP contribution in [-0.2, 0) is 4.79 Å². The minimum atomic E-state index is -0.433. The van der Waals surface area contributed by atoms with Crippen LogP contribution in [0.25, 0.3) is 0 Å². The van der Waals surface area contributed by atoms with Crippen molar-refractivity contribution in [1.82, 2.24) is 10.6 Å². The average molecular weight is 372 g/mol. The topological polar surface area (TPSA) is 76.7 Å². The second-order valence-electron chi connectivity index (χ2n) is 6.12. The lowest BCUT2D eigenvalue weighted by Gasteiger charge is -2.22. The lowest BCUT2D eigenvalue weighted by molar-refractivity contribution is -0.120. The quantitative estimate of drug-likeness (QED) is 0.817. The highest BCUT2D eigenvalue weighted by atomic mass is 19.1. The summed E-state index contributed by atoms with van der Waals surface area (Å²) in [6.45, 7) is 2.80. The van der Waals surface area contributed by atoms with Gasteiger partial charge in [0.25, 0.3) is 5.91 Å². The summed E-state index contributed by atoms with van der Waals surface area (Å²) in [7, 11) is 0. The normalized spacial score (nSPS) is 13.6. The third-order valence-corrected chi connectivity index (χ3v) is 4.23. The number of amides is 2. The molecule has 142 valence electrons. The van der Waals surface area contributed by atoms with E-state index in [1.165, 1.54) is 24.3 Å². The van der Waals surface area contributed by atoms with Crippen molar-refractivity contribution in [2.75, 3.05) is 19.8 Å². The van der Waals surface area contributed by atoms with Crippen molar-refractivity contribution in [1.29, 1.82) is 0 Å². The number of ether oxygens (including phenoxy) is 2. The van der Waals surface area contributed by atoms with Crippen LogP contribution < -0.4 is 20.1 Å². The number of halogens is 1. The van der Waals surface area contributed by atoms with E-state index in [0.717, 1.165) is 5.56 Å². The van der Waals surface area contributed by atoms with Crippen molar-refractivity contribution in [3.63, 3.8) is 0 Å². The fraction of sp³-hybridized carbons (Fsp3) is 0.300. The van der Waals surface area contributed by atoms with Crippen LogP contribution in [-0.4, -0.2) is 31.6 Å². The van der Waals surface area contributed by atoms with Gasteiger partial charge in [0.15, 0.2) is 11.5 Å². The SMILES string of the molecule is CCC(NC(=O)CNC(=O)c1ccc(F)cc1)c1ccc2c(c1)OCCO2. The maximum Gasteiger partial charge on any atom is 0.251 e. The highest BCUT2D eigenvalue weighted by Crippen LogP contribution is 2.33. The van der Waals surface area contributed by atoms with E-state index < -0.39 is 11.7 Å². The Labute approximate surface area is 156 Å². The molecule has 0 spiro atoms. The molecule has 0 saturated heterocycles. The highest BCUT2D eigenvalue weighted by molar-refractivity contribution is 5.96. The molecule has 2 N–H and O–H groups in total. The Hall–Kier alpha value is -3.09. The van der Waals surface area contributed by atoms with E-state index in [4.69, 9.17) is 9.47 Å². The summed E-state index contributed by atoms with van der Waals surface area (Å²) in [6.07, 6.45) is 0.678. The van der Waals surface area contributed by atoms with Crippen LogP contribution in [0.3, 0.4) is 0 Å². The number of fused-ring (bicyclic) bond motifs is 1. The zero-order chi connectivity index (χ0) is 19.2. The van der Waals surface area contributed by atoms with Gasteiger partial charge in [-0.3, -0.25) is 9.59 Å². The summed E-state index contributed by atoms with van der Waals surface area (Å²) in [6, 6.07) is 10.5. The lowest BCUT2D eigenvalue weighted by atomic mass is 10.0. The van der Waals surface area contributed by atoms with Crippen molar-refractivity contribution in [2.45, 2.75) is 19.4 Å². The molecule has 1 aliphatic rings. The van der Waals surface area contributed by atoms with Crippen molar-refractivity contribution in [3.05, 3.63) is 59.4 Å². The molecule has 0 bridgehead atoms. The molecule has 0 aromatic heterocycles. The standard InChI is InChI=1S/C20H21FN2O4/c1-2-16(14-5-8-17-18(11-14)27-10-9-26-17)23-19(24)12-22-20(25)13-3-6-15(21)7-4-13/h3-8,11,16H,2,9-10,12H2,1H3,(H,22,25)(H,23,24). The molecule has 0 radical (unpaired) electrons. The molecule has 7 heteroatoms. The van der Waals surface area contributed by atoms with Crippen LogP contribution in [0, 0.1) is 5.82 Å². The fourth-order valence-corrected chi connectivity index (χ4v) is 2.81. The van der Waals surface area contributed by atoms with Gasteiger partial charge in [-0.05, 0) is 48.4 Å². The Balaban J connectivity index is 1.57. The van der Waals surface area contributed by atoms with Crippen molar-refractivity contribution in [3.8, 4) is 11.5 Å². The van der Waals surface area contributed by atoms with Crippen molar-refractivity contribution in [2.24, 2.45) is 0 Å². The number of nitrogens with one attached hydrogen (secondary N) is 2. The predicted molar refractivity (Wildman–Crippen MR) is 97.3 cm³/mol. The summed E-state index contributed by atoms with van der Waals surface area (Å²) in [5, 5.41) is 5.43. The lowest BCUT2D eigenvalue weighted by Crippen LogP contribution is -2.38. The molecular weight excluding hydrogens is 351 g/mol. The zero-order valence-corrected chi connectivity index (χ0v) is 15.0. The molecule has 1 heterocycles. The number of carbonyl (C=O) groups excluding carboxylic acids is 2. The zero-order valence-electron chi connectivity index (χ0n) is 15.0. The van der Waals surface area contributed by atoms with Crippen molar-refractivity contribution >= 4 is 11.8 Å². The smallest absolute Gasteiger partial charge is 0.251 e. The molecule has 0 saturated carbocycles. The van der Waals surface area contributed by atoms with Gasteiger partial charge in [-0.25, -0.2) is 4.39 Å². The van der Waals surface area contributed by atoms with E-state index in [0.29, 0.717) is 36.7 Å². The predicted octanol–water partition coefficient (Wildman–Crippen LogP) is 2.59. The summed E-state index contributed by atoms with van der Waals surface area (Å²) in [5.41, 5.74) is 1.20. The molecule has 3 rings (SSSR count). The van der Waals surface area contributed by atoms with Gasteiger partial charge in [-0.1, -0.05) is 13.0 Å². The first kappa shape index (κ1) is 18.7. The van der Waals surface area contributed by atoms with Crippen LogP contribution in [0.15, 0.2) is 42.5 Å². The first-order chi connectivity index (χ1) is 13.1. The molecule has 0 fully saturated rings. The molecule has 2 aromatic carbocycles. The van der Waals surface area contributed by atoms with Crippen molar-refractivity contribution < 1.29 is 23.5 Å². The van der Waals surface area contributed by atoms with Gasteiger partial charge in [-0.2, -0.15) is 0 Å². The minimum Gasteiger partial charge on any atom is -0.486 e. The summed E-state index contributed by atoms with van der Waals surface area (Å²) in [5.74, 6) is 0.188. The molecule has 1 atom stereocenters. The molecule has 1 aliphatic heterocycles. The van der Waals surface area contributed by atoms with Gasteiger partial charge in [0.1, 0.15) is 19.0 Å². The monoisotopic (exact) mass is 372 g/mol. The summed E-state index contributed by atoms with van der Waals surface area (Å²) >= 11 is 0. The van der Waals surface area contributed by atoms with E-state index >= 15 is 0 Å². The largest absolute Gasteiger partial charge is 0.486 e. The van der Waals surface area contributed by atoms with Gasteiger partial charge in [-0.15, -0.1) is 0 Å². The number of benzene rings is 2.